The third-order valence-electron chi connectivity index (χ3n) is 6.14. The molecule has 10 nitrogen and oxygen atoms in total. The van der Waals surface area contributed by atoms with Gasteiger partial charge in [-0.05, 0) is 42.3 Å². The third-order valence-corrected chi connectivity index (χ3v) is 6.95. The van der Waals surface area contributed by atoms with E-state index < -0.39 is 0 Å². The van der Waals surface area contributed by atoms with Crippen LogP contribution in [0.1, 0.15) is 30.1 Å². The molecule has 0 bridgehead atoms. The summed E-state index contributed by atoms with van der Waals surface area (Å²) in [5, 5.41) is 4.93. The molecule has 38 heavy (non-hydrogen) atoms. The number of rotatable bonds is 10. The lowest BCUT2D eigenvalue weighted by atomic mass is 10.2. The van der Waals surface area contributed by atoms with Crippen LogP contribution < -0.4 is 15.0 Å². The highest BCUT2D eigenvalue weighted by molar-refractivity contribution is 7.13. The Labute approximate surface area is 226 Å². The molecule has 0 radical (unpaired) electrons. The molecular formula is C27H33N5O5S. The number of methoxy groups -OCH3 is 1. The van der Waals surface area contributed by atoms with Crippen molar-refractivity contribution in [2.45, 2.75) is 20.3 Å². The van der Waals surface area contributed by atoms with E-state index in [-0.39, 0.29) is 42.4 Å². The number of nitrogens with one attached hydrogen (secondary N) is 1. The first-order valence-corrected chi connectivity index (χ1v) is 13.4. The summed E-state index contributed by atoms with van der Waals surface area (Å²) in [7, 11) is 1.65. The number of nitrogens with zero attached hydrogens (tertiary/aromatic N) is 4. The fourth-order valence-electron chi connectivity index (χ4n) is 4.27. The Bertz CT molecular complexity index is 1220. The van der Waals surface area contributed by atoms with Gasteiger partial charge in [-0.3, -0.25) is 14.4 Å². The highest BCUT2D eigenvalue weighted by Gasteiger charge is 2.24. The van der Waals surface area contributed by atoms with Crippen molar-refractivity contribution in [2.75, 3.05) is 56.6 Å². The second-order valence-corrected chi connectivity index (χ2v) is 10.3. The quantitative estimate of drug-likeness (QED) is 0.421. The monoisotopic (exact) mass is 539 g/mol. The number of furan rings is 1. The predicted octanol–water partition coefficient (Wildman–Crippen LogP) is 3.37. The third kappa shape index (κ3) is 7.12. The molecule has 1 aromatic carbocycles. The van der Waals surface area contributed by atoms with Crippen LogP contribution >= 0.6 is 11.3 Å². The number of benzene rings is 1. The van der Waals surface area contributed by atoms with Gasteiger partial charge in [0.1, 0.15) is 12.3 Å². The molecule has 3 aromatic rings. The van der Waals surface area contributed by atoms with Gasteiger partial charge in [0.25, 0.3) is 5.91 Å². The average molecular weight is 540 g/mol. The Balaban J connectivity index is 1.26. The number of hydrogen-bond donors (Lipinski definition) is 1. The number of aromatic nitrogens is 1. The van der Waals surface area contributed by atoms with E-state index in [9.17, 15) is 14.4 Å². The second kappa shape index (κ2) is 12.6. The molecular weight excluding hydrogens is 506 g/mol. The van der Waals surface area contributed by atoms with Crippen LogP contribution in [0.2, 0.25) is 0 Å². The number of amides is 3. The van der Waals surface area contributed by atoms with Gasteiger partial charge in [0.2, 0.25) is 11.8 Å². The van der Waals surface area contributed by atoms with E-state index in [0.717, 1.165) is 24.5 Å². The van der Waals surface area contributed by atoms with Gasteiger partial charge in [-0.25, -0.2) is 4.98 Å². The van der Waals surface area contributed by atoms with Crippen LogP contribution in [0.5, 0.6) is 5.75 Å². The fraction of sp³-hybridized carbons (Fsp3) is 0.407. The predicted molar refractivity (Wildman–Crippen MR) is 146 cm³/mol. The topological polar surface area (TPSA) is 108 Å². The fourth-order valence-corrected chi connectivity index (χ4v) is 4.99. The van der Waals surface area contributed by atoms with Gasteiger partial charge in [0.15, 0.2) is 10.9 Å². The molecule has 202 valence electrons. The van der Waals surface area contributed by atoms with E-state index in [4.69, 9.17) is 9.15 Å². The van der Waals surface area contributed by atoms with Crippen molar-refractivity contribution >= 4 is 39.9 Å². The van der Waals surface area contributed by atoms with Gasteiger partial charge in [-0.15, -0.1) is 11.3 Å². The number of piperazine rings is 1. The second-order valence-electron chi connectivity index (χ2n) is 9.49. The van der Waals surface area contributed by atoms with Crippen molar-refractivity contribution < 1.29 is 23.5 Å². The summed E-state index contributed by atoms with van der Waals surface area (Å²) in [6.45, 7) is 7.01. The summed E-state index contributed by atoms with van der Waals surface area (Å²) in [5.74, 6) is 0.505. The Kier molecular flexibility index (Phi) is 9.01. The molecule has 11 heteroatoms. The van der Waals surface area contributed by atoms with Crippen LogP contribution in [0.3, 0.4) is 0 Å². The van der Waals surface area contributed by atoms with Gasteiger partial charge >= 0.3 is 0 Å². The number of carbonyl (C=O) groups is 3. The number of hydrogen-bond acceptors (Lipinski definition) is 8. The molecule has 0 unspecified atom stereocenters. The van der Waals surface area contributed by atoms with E-state index >= 15 is 0 Å². The standard InChI is InChI=1S/C27H33N5O5S/c1-19(2)16-32(26(35)23-5-4-14-37-23)17-24(33)29-27-28-20(18-38-27)15-25(34)31-12-10-30(11-13-31)21-6-8-22(36-3)9-7-21/h4-9,14,18-19H,10-13,15-17H2,1-3H3,(H,28,29,33). The van der Waals surface area contributed by atoms with Crippen LogP contribution in [0.25, 0.3) is 0 Å². The van der Waals surface area contributed by atoms with Crippen molar-refractivity contribution in [2.24, 2.45) is 5.92 Å². The average Bonchev–Trinajstić information content (AvgIpc) is 3.60. The Morgan fingerprint density at radius 1 is 1.13 bits per heavy atom. The van der Waals surface area contributed by atoms with Crippen molar-refractivity contribution in [1.82, 2.24) is 14.8 Å². The Morgan fingerprint density at radius 2 is 1.87 bits per heavy atom. The molecule has 1 saturated heterocycles. The molecule has 2 aromatic heterocycles. The van der Waals surface area contributed by atoms with Crippen LogP contribution in [0, 0.1) is 5.92 Å². The summed E-state index contributed by atoms with van der Waals surface area (Å²) < 4.78 is 10.4. The summed E-state index contributed by atoms with van der Waals surface area (Å²) in [4.78, 5) is 48.3. The molecule has 1 N–H and O–H groups in total. The lowest BCUT2D eigenvalue weighted by Gasteiger charge is -2.36. The number of thiazole rings is 1. The van der Waals surface area contributed by atoms with Gasteiger partial charge in [-0.1, -0.05) is 13.8 Å². The Morgan fingerprint density at radius 3 is 2.50 bits per heavy atom. The van der Waals surface area contributed by atoms with E-state index in [1.54, 1.807) is 24.6 Å². The summed E-state index contributed by atoms with van der Waals surface area (Å²) in [6.07, 6.45) is 1.60. The minimum absolute atomic E-state index is 0.00899. The lowest BCUT2D eigenvalue weighted by molar-refractivity contribution is -0.130. The SMILES string of the molecule is COc1ccc(N2CCN(C(=O)Cc3csc(NC(=O)CN(CC(C)C)C(=O)c4ccco4)n3)CC2)cc1. The highest BCUT2D eigenvalue weighted by atomic mass is 32.1. The molecule has 0 spiro atoms. The number of carbonyl (C=O) groups excluding carboxylic acids is 3. The molecule has 0 saturated carbocycles. The minimum atomic E-state index is -0.354. The van der Waals surface area contributed by atoms with Gasteiger partial charge in [-0.2, -0.15) is 0 Å². The molecule has 1 fully saturated rings. The largest absolute Gasteiger partial charge is 0.497 e. The first-order chi connectivity index (χ1) is 18.3. The van der Waals surface area contributed by atoms with E-state index in [1.807, 2.05) is 43.0 Å². The van der Waals surface area contributed by atoms with Crippen LogP contribution in [0.15, 0.2) is 52.5 Å². The van der Waals surface area contributed by atoms with Crippen molar-refractivity contribution in [3.05, 3.63) is 59.5 Å². The molecule has 0 atom stereocenters. The van der Waals surface area contributed by atoms with Crippen molar-refractivity contribution in [3.63, 3.8) is 0 Å². The summed E-state index contributed by atoms with van der Waals surface area (Å²) in [6, 6.07) is 11.1. The zero-order chi connectivity index (χ0) is 27.1. The molecule has 0 aliphatic carbocycles. The molecule has 1 aliphatic rings. The van der Waals surface area contributed by atoms with E-state index in [2.05, 4.69) is 15.2 Å². The van der Waals surface area contributed by atoms with E-state index in [1.165, 1.54) is 22.5 Å². The first kappa shape index (κ1) is 27.2. The van der Waals surface area contributed by atoms with Gasteiger partial charge in [0.05, 0.1) is 25.5 Å². The van der Waals surface area contributed by atoms with Crippen LogP contribution in [0.4, 0.5) is 10.8 Å². The number of ether oxygens (including phenoxy) is 1. The summed E-state index contributed by atoms with van der Waals surface area (Å²) >= 11 is 1.26. The zero-order valence-electron chi connectivity index (χ0n) is 21.9. The Hall–Kier alpha value is -3.86. The highest BCUT2D eigenvalue weighted by Crippen LogP contribution is 2.21. The van der Waals surface area contributed by atoms with Crippen molar-refractivity contribution in [1.29, 1.82) is 0 Å². The smallest absolute Gasteiger partial charge is 0.290 e. The molecule has 4 rings (SSSR count). The lowest BCUT2D eigenvalue weighted by Crippen LogP contribution is -2.49. The van der Waals surface area contributed by atoms with Gasteiger partial charge in [0, 0.05) is 43.8 Å². The maximum atomic E-state index is 12.9. The van der Waals surface area contributed by atoms with E-state index in [0.29, 0.717) is 30.5 Å². The number of anilines is 2. The normalized spacial score (nSPS) is 13.5. The zero-order valence-corrected chi connectivity index (χ0v) is 22.7. The maximum Gasteiger partial charge on any atom is 0.290 e. The molecule has 3 heterocycles. The minimum Gasteiger partial charge on any atom is -0.497 e. The van der Waals surface area contributed by atoms with Crippen LogP contribution in [-0.2, 0) is 16.0 Å². The summed E-state index contributed by atoms with van der Waals surface area (Å²) in [5.41, 5.74) is 1.72. The first-order valence-electron chi connectivity index (χ1n) is 12.6. The van der Waals surface area contributed by atoms with Crippen LogP contribution in [-0.4, -0.2) is 78.9 Å². The molecule has 1 aliphatic heterocycles. The van der Waals surface area contributed by atoms with Gasteiger partial charge < -0.3 is 29.2 Å². The molecule has 3 amide bonds. The maximum absolute atomic E-state index is 12.9. The van der Waals surface area contributed by atoms with Crippen molar-refractivity contribution in [3.8, 4) is 5.75 Å².